The largest absolute Gasteiger partial charge is 0.493 e. The van der Waals surface area contributed by atoms with Crippen LogP contribution in [0.2, 0.25) is 0 Å². The molecule has 3 heterocycles. The van der Waals surface area contributed by atoms with E-state index < -0.39 is 18.3 Å². The number of carbonyl (C=O) groups excluding carboxylic acids is 1. The molecule has 0 radical (unpaired) electrons. The first-order valence-corrected chi connectivity index (χ1v) is 8.07. The van der Waals surface area contributed by atoms with Crippen molar-refractivity contribution in [3.05, 3.63) is 65.1 Å². The van der Waals surface area contributed by atoms with E-state index in [1.807, 2.05) is 31.2 Å². The molecule has 25 heavy (non-hydrogen) atoms. The highest BCUT2D eigenvalue weighted by Gasteiger charge is 2.35. The molecule has 3 aromatic rings. The summed E-state index contributed by atoms with van der Waals surface area (Å²) in [6, 6.07) is 8.50. The van der Waals surface area contributed by atoms with Gasteiger partial charge in [0.05, 0.1) is 20.5 Å². The summed E-state index contributed by atoms with van der Waals surface area (Å²) >= 11 is 0. The van der Waals surface area contributed by atoms with Crippen LogP contribution in [-0.4, -0.2) is 21.9 Å². The lowest BCUT2D eigenvalue weighted by Crippen LogP contribution is -2.46. The maximum atomic E-state index is 13.2. The normalized spacial score (nSPS) is 22.7. The Morgan fingerprint density at radius 2 is 2.28 bits per heavy atom. The van der Waals surface area contributed by atoms with E-state index in [-0.39, 0.29) is 34.8 Å². The van der Waals surface area contributed by atoms with E-state index in [0.717, 1.165) is 9.96 Å². The number of nitrogens with one attached hydrogen (secondary N) is 1. The van der Waals surface area contributed by atoms with Crippen molar-refractivity contribution in [2.75, 3.05) is 6.61 Å². The van der Waals surface area contributed by atoms with Crippen molar-refractivity contribution < 1.29 is 16.4 Å². The number of benzene rings is 1. The molecule has 2 aromatic heterocycles. The number of nitrogens with zero attached hydrogens (tertiary/aromatic N) is 2. The molecule has 5 nitrogen and oxygen atoms in total. The number of hydrogen-bond donors (Lipinski definition) is 1. The highest BCUT2D eigenvalue weighted by molar-refractivity contribution is 6.00. The van der Waals surface area contributed by atoms with Crippen LogP contribution in [0.4, 0.5) is 0 Å². The highest BCUT2D eigenvalue weighted by Crippen LogP contribution is 2.36. The van der Waals surface area contributed by atoms with Gasteiger partial charge in [-0.25, -0.2) is 4.98 Å². The second-order valence-electron chi connectivity index (χ2n) is 6.40. The fourth-order valence-electron chi connectivity index (χ4n) is 3.23. The third kappa shape index (κ3) is 2.56. The van der Waals surface area contributed by atoms with Gasteiger partial charge in [0.15, 0.2) is 0 Å². The van der Waals surface area contributed by atoms with Gasteiger partial charge in [-0.15, -0.1) is 0 Å². The van der Waals surface area contributed by atoms with Crippen LogP contribution in [0.25, 0.3) is 5.65 Å². The minimum Gasteiger partial charge on any atom is -0.493 e. The van der Waals surface area contributed by atoms with Crippen LogP contribution in [0.1, 0.15) is 47.5 Å². The van der Waals surface area contributed by atoms with Crippen LogP contribution in [-0.2, 0) is 5.54 Å². The number of aromatic nitrogens is 2. The Hall–Kier alpha value is -2.82. The maximum Gasteiger partial charge on any atom is 0.255 e. The maximum absolute atomic E-state index is 13.2. The fourth-order valence-corrected chi connectivity index (χ4v) is 3.23. The summed E-state index contributed by atoms with van der Waals surface area (Å²) in [5, 5.41) is 3.02. The Kier molecular flexibility index (Phi) is 2.46. The molecule has 0 fully saturated rings. The Morgan fingerprint density at radius 1 is 1.44 bits per heavy atom. The quantitative estimate of drug-likeness (QED) is 0.778. The van der Waals surface area contributed by atoms with Crippen molar-refractivity contribution >= 4 is 11.6 Å². The number of aryl methyl sites for hydroxylation is 2. The number of hydrogen-bond acceptors (Lipinski definition) is 3. The van der Waals surface area contributed by atoms with E-state index in [1.165, 1.54) is 13.0 Å². The van der Waals surface area contributed by atoms with Crippen LogP contribution >= 0.6 is 0 Å². The molecule has 0 bridgehead atoms. The first-order chi connectivity index (χ1) is 14.0. The fraction of sp³-hybridized carbons (Fsp3) is 0.300. The van der Waals surface area contributed by atoms with Crippen LogP contribution < -0.4 is 10.1 Å². The number of rotatable bonds is 2. The van der Waals surface area contributed by atoms with E-state index in [0.29, 0.717) is 18.8 Å². The molecule has 0 saturated heterocycles. The van der Waals surface area contributed by atoms with Crippen LogP contribution in [0.3, 0.4) is 0 Å². The van der Waals surface area contributed by atoms with Gasteiger partial charge in [-0.3, -0.25) is 4.79 Å². The lowest BCUT2D eigenvalue weighted by atomic mass is 9.86. The predicted octanol–water partition coefficient (Wildman–Crippen LogP) is 3.38. The Bertz CT molecular complexity index is 1170. The Balaban J connectivity index is 1.82. The van der Waals surface area contributed by atoms with Gasteiger partial charge in [-0.05, 0) is 38.9 Å². The molecule has 1 atom stereocenters. The van der Waals surface area contributed by atoms with Gasteiger partial charge in [-0.1, -0.05) is 18.2 Å². The molecular weight excluding hydrogens is 314 g/mol. The number of carbonyl (C=O) groups is 1. The molecule has 1 aliphatic rings. The minimum absolute atomic E-state index is 0.0565. The second-order valence-corrected chi connectivity index (χ2v) is 6.40. The van der Waals surface area contributed by atoms with Gasteiger partial charge >= 0.3 is 0 Å². The van der Waals surface area contributed by atoms with E-state index in [1.54, 1.807) is 0 Å². The molecule has 128 valence electrons. The zero-order valence-electron chi connectivity index (χ0n) is 19.0. The monoisotopic (exact) mass is 340 g/mol. The average molecular weight is 340 g/mol. The summed E-state index contributed by atoms with van der Waals surface area (Å²) in [5.74, 6) is 0.235. The second kappa shape index (κ2) is 5.62. The number of amides is 1. The zero-order valence-corrected chi connectivity index (χ0v) is 14.0. The molecule has 1 unspecified atom stereocenters. The summed E-state index contributed by atoms with van der Waals surface area (Å²) in [7, 11) is 0. The first kappa shape index (κ1) is 10.9. The molecule has 0 spiro atoms. The summed E-state index contributed by atoms with van der Waals surface area (Å²) in [5.41, 5.74) is 0.166. The average Bonchev–Trinajstić information content (AvgIpc) is 2.98. The summed E-state index contributed by atoms with van der Waals surface area (Å²) in [4.78, 5) is 17.5. The topological polar surface area (TPSA) is 55.6 Å². The molecule has 0 saturated carbocycles. The molecule has 5 heteroatoms. The summed E-state index contributed by atoms with van der Waals surface area (Å²) < 4.78 is 46.5. The lowest BCUT2D eigenvalue weighted by molar-refractivity contribution is 0.0875. The third-order valence-electron chi connectivity index (χ3n) is 4.56. The molecule has 1 N–H and O–H groups in total. The smallest absolute Gasteiger partial charge is 0.255 e. The van der Waals surface area contributed by atoms with Crippen LogP contribution in [0.15, 0.2) is 42.5 Å². The van der Waals surface area contributed by atoms with E-state index >= 15 is 0 Å². The van der Waals surface area contributed by atoms with Crippen LogP contribution in [0.5, 0.6) is 5.75 Å². The Morgan fingerprint density at radius 3 is 3.12 bits per heavy atom. The molecule has 1 aliphatic heterocycles. The number of ether oxygens (including phenoxy) is 1. The minimum atomic E-state index is -2.63. The summed E-state index contributed by atoms with van der Waals surface area (Å²) in [6.45, 7) is 1.24. The van der Waals surface area contributed by atoms with Crippen molar-refractivity contribution in [2.24, 2.45) is 0 Å². The lowest BCUT2D eigenvalue weighted by Gasteiger charge is -2.36. The van der Waals surface area contributed by atoms with Crippen molar-refractivity contribution in [3.8, 4) is 5.75 Å². The predicted molar refractivity (Wildman–Crippen MR) is 96.0 cm³/mol. The molecule has 0 aliphatic carbocycles. The number of para-hydroxylation sites is 1. The molecule has 1 amide bonds. The van der Waals surface area contributed by atoms with Crippen molar-refractivity contribution in [2.45, 2.75) is 32.7 Å². The van der Waals surface area contributed by atoms with Gasteiger partial charge in [0.2, 0.25) is 0 Å². The van der Waals surface area contributed by atoms with Crippen molar-refractivity contribution in [1.29, 1.82) is 0 Å². The Labute approximate surface area is 153 Å². The zero-order chi connectivity index (χ0) is 21.8. The third-order valence-corrected chi connectivity index (χ3v) is 4.56. The number of fused-ring (bicyclic) bond motifs is 2. The van der Waals surface area contributed by atoms with Crippen molar-refractivity contribution in [3.63, 3.8) is 0 Å². The van der Waals surface area contributed by atoms with Gasteiger partial charge < -0.3 is 14.5 Å². The van der Waals surface area contributed by atoms with E-state index in [9.17, 15) is 4.79 Å². The highest BCUT2D eigenvalue weighted by atomic mass is 16.5. The molecule has 4 rings (SSSR count). The van der Waals surface area contributed by atoms with Gasteiger partial charge in [0.25, 0.3) is 5.91 Å². The SMILES string of the molecule is [2H]c1c(C)nc2c(C(=O)NC3(C)CCOc4ccccc43)cc([2H])n2c1C([2H])([2H])[2H]. The van der Waals surface area contributed by atoms with Crippen LogP contribution in [0, 0.1) is 13.8 Å². The molecular formula is C20H21N3O2. The van der Waals surface area contributed by atoms with Gasteiger partial charge in [0, 0.05) is 33.7 Å². The van der Waals surface area contributed by atoms with E-state index in [2.05, 4.69) is 10.3 Å². The van der Waals surface area contributed by atoms with Gasteiger partial charge in [-0.2, -0.15) is 0 Å². The molecule has 1 aromatic carbocycles. The van der Waals surface area contributed by atoms with E-state index in [4.69, 9.17) is 11.6 Å². The van der Waals surface area contributed by atoms with Gasteiger partial charge in [0.1, 0.15) is 11.4 Å². The standard InChI is InChI=1S/C20H21N3O2/c1-13-12-14(2)23-10-8-15(18(23)21-13)19(24)22-20(3)9-11-25-17-7-5-4-6-16(17)20/h4-8,10,12H,9,11H2,1-3H3,(H,22,24)/i2D3,10D,12D. The summed E-state index contributed by atoms with van der Waals surface area (Å²) in [6.07, 6.45) is 0.346. The first-order valence-electron chi connectivity index (χ1n) is 10.6. The van der Waals surface area contributed by atoms with Crippen molar-refractivity contribution in [1.82, 2.24) is 14.7 Å².